The maximum absolute atomic E-state index is 13.5. The fourth-order valence-electron chi connectivity index (χ4n) is 1.57. The first-order valence-corrected chi connectivity index (χ1v) is 6.43. The van der Waals surface area contributed by atoms with E-state index in [0.29, 0.717) is 42.7 Å². The van der Waals surface area contributed by atoms with Crippen molar-refractivity contribution in [3.05, 3.63) is 34.6 Å². The van der Waals surface area contributed by atoms with Crippen LogP contribution >= 0.6 is 35.6 Å². The molecule has 0 fully saturated rings. The monoisotopic (exact) mass is 415 g/mol. The lowest BCUT2D eigenvalue weighted by molar-refractivity contribution is 0.203. The van der Waals surface area contributed by atoms with E-state index in [2.05, 4.69) is 15.6 Å². The summed E-state index contributed by atoms with van der Waals surface area (Å²) in [5.74, 6) is 0.376. The van der Waals surface area contributed by atoms with Crippen molar-refractivity contribution in [2.24, 2.45) is 4.99 Å². The normalized spacial score (nSPS) is 10.9. The molecule has 114 valence electrons. The Labute approximate surface area is 141 Å². The third-order valence-electron chi connectivity index (χ3n) is 2.55. The molecule has 0 aliphatic heterocycles. The molecule has 1 aromatic rings. The topological polar surface area (TPSA) is 45.7 Å². The van der Waals surface area contributed by atoms with Crippen molar-refractivity contribution in [2.45, 2.75) is 6.42 Å². The second kappa shape index (κ2) is 11.1. The summed E-state index contributed by atoms with van der Waals surface area (Å²) in [6, 6.07) is 4.69. The molecule has 20 heavy (non-hydrogen) atoms. The molecule has 0 saturated heterocycles. The van der Waals surface area contributed by atoms with E-state index in [0.717, 1.165) is 0 Å². The lowest BCUT2D eigenvalue weighted by Crippen LogP contribution is -2.39. The van der Waals surface area contributed by atoms with Gasteiger partial charge in [-0.05, 0) is 18.6 Å². The van der Waals surface area contributed by atoms with Crippen LogP contribution in [0.4, 0.5) is 4.39 Å². The number of aliphatic imine (C=N–C) groups is 1. The molecule has 2 N–H and O–H groups in total. The predicted molar refractivity (Wildman–Crippen MR) is 91.8 cm³/mol. The quantitative estimate of drug-likeness (QED) is 0.325. The Balaban J connectivity index is 0.00000361. The highest BCUT2D eigenvalue weighted by Crippen LogP contribution is 2.18. The number of hydrogen-bond donors (Lipinski definition) is 2. The van der Waals surface area contributed by atoms with E-state index in [1.807, 2.05) is 0 Å². The van der Waals surface area contributed by atoms with E-state index < -0.39 is 0 Å². The van der Waals surface area contributed by atoms with Crippen LogP contribution in [0.15, 0.2) is 23.2 Å². The van der Waals surface area contributed by atoms with Gasteiger partial charge in [-0.25, -0.2) is 4.39 Å². The molecule has 1 rings (SSSR count). The average molecular weight is 416 g/mol. The van der Waals surface area contributed by atoms with Crippen molar-refractivity contribution < 1.29 is 9.13 Å². The van der Waals surface area contributed by atoms with Crippen LogP contribution in [0, 0.1) is 5.82 Å². The number of guanidine groups is 1. The number of halogens is 3. The minimum absolute atomic E-state index is 0. The van der Waals surface area contributed by atoms with Crippen molar-refractivity contribution >= 4 is 41.5 Å². The first-order valence-electron chi connectivity index (χ1n) is 6.05. The second-order valence-electron chi connectivity index (χ2n) is 3.87. The van der Waals surface area contributed by atoms with Gasteiger partial charge in [0.15, 0.2) is 5.96 Å². The standard InChI is InChI=1S/C13H19ClFN3O.HI/c1-16-13(18-8-9-19-2)17-7-6-10-11(14)4-3-5-12(10)15;/h3-5H,6-9H2,1-2H3,(H2,16,17,18);1H. The number of hydrogen-bond acceptors (Lipinski definition) is 2. The lowest BCUT2D eigenvalue weighted by Gasteiger charge is -2.12. The van der Waals surface area contributed by atoms with Crippen LogP contribution in [0.25, 0.3) is 0 Å². The van der Waals surface area contributed by atoms with Gasteiger partial charge in [0.1, 0.15) is 5.82 Å². The molecule has 0 heterocycles. The molecule has 0 radical (unpaired) electrons. The molecular formula is C13H20ClFIN3O. The summed E-state index contributed by atoms with van der Waals surface area (Å²) < 4.78 is 18.5. The number of nitrogens with zero attached hydrogens (tertiary/aromatic N) is 1. The Morgan fingerprint density at radius 3 is 2.65 bits per heavy atom. The largest absolute Gasteiger partial charge is 0.383 e. The number of ether oxygens (including phenoxy) is 1. The number of rotatable bonds is 6. The van der Waals surface area contributed by atoms with Crippen molar-refractivity contribution in [3.63, 3.8) is 0 Å². The fraction of sp³-hybridized carbons (Fsp3) is 0.462. The smallest absolute Gasteiger partial charge is 0.191 e. The van der Waals surface area contributed by atoms with E-state index >= 15 is 0 Å². The van der Waals surface area contributed by atoms with Gasteiger partial charge in [-0.2, -0.15) is 0 Å². The SMILES string of the molecule is CN=C(NCCOC)NCCc1c(F)cccc1Cl.I. The van der Waals surface area contributed by atoms with Crippen molar-refractivity contribution in [3.8, 4) is 0 Å². The number of benzene rings is 1. The Hall–Kier alpha value is -0.600. The van der Waals surface area contributed by atoms with Gasteiger partial charge < -0.3 is 15.4 Å². The highest BCUT2D eigenvalue weighted by atomic mass is 127. The maximum Gasteiger partial charge on any atom is 0.191 e. The van der Waals surface area contributed by atoms with Crippen LogP contribution in [-0.2, 0) is 11.2 Å². The zero-order valence-corrected chi connectivity index (χ0v) is 14.7. The van der Waals surface area contributed by atoms with Gasteiger partial charge in [0, 0.05) is 37.8 Å². The molecular weight excluding hydrogens is 396 g/mol. The molecule has 0 aromatic heterocycles. The molecule has 0 aliphatic rings. The Bertz CT molecular complexity index is 412. The van der Waals surface area contributed by atoms with Gasteiger partial charge in [0.2, 0.25) is 0 Å². The van der Waals surface area contributed by atoms with Crippen molar-refractivity contribution in [2.75, 3.05) is 33.9 Å². The van der Waals surface area contributed by atoms with E-state index in [-0.39, 0.29) is 29.8 Å². The van der Waals surface area contributed by atoms with Gasteiger partial charge in [0.05, 0.1) is 6.61 Å². The first kappa shape index (κ1) is 19.4. The average Bonchev–Trinajstić information content (AvgIpc) is 2.40. The maximum atomic E-state index is 13.5. The third kappa shape index (κ3) is 6.71. The number of methoxy groups -OCH3 is 1. The minimum Gasteiger partial charge on any atom is -0.383 e. The van der Waals surface area contributed by atoms with Crippen molar-refractivity contribution in [1.82, 2.24) is 10.6 Å². The summed E-state index contributed by atoms with van der Waals surface area (Å²) in [7, 11) is 3.32. The van der Waals surface area contributed by atoms with Gasteiger partial charge >= 0.3 is 0 Å². The summed E-state index contributed by atoms with van der Waals surface area (Å²) in [6.07, 6.45) is 0.497. The molecule has 0 unspecified atom stereocenters. The summed E-state index contributed by atoms with van der Waals surface area (Å²) in [5, 5.41) is 6.61. The zero-order chi connectivity index (χ0) is 14.1. The van der Waals surface area contributed by atoms with E-state index in [9.17, 15) is 4.39 Å². The van der Waals surface area contributed by atoms with Crippen molar-refractivity contribution in [1.29, 1.82) is 0 Å². The molecule has 1 aromatic carbocycles. The molecule has 0 bridgehead atoms. The van der Waals surface area contributed by atoms with Gasteiger partial charge in [-0.3, -0.25) is 4.99 Å². The Morgan fingerprint density at radius 2 is 2.05 bits per heavy atom. The number of nitrogens with one attached hydrogen (secondary N) is 2. The van der Waals surface area contributed by atoms with Gasteiger partial charge in [-0.1, -0.05) is 17.7 Å². The summed E-state index contributed by atoms with van der Waals surface area (Å²) in [5.41, 5.74) is 0.518. The van der Waals surface area contributed by atoms with Crippen LogP contribution in [0.2, 0.25) is 5.02 Å². The molecule has 0 atom stereocenters. The highest BCUT2D eigenvalue weighted by molar-refractivity contribution is 14.0. The molecule has 0 aliphatic carbocycles. The molecule has 0 amide bonds. The Kier molecular flexibility index (Phi) is 10.8. The summed E-state index contributed by atoms with van der Waals surface area (Å²) in [4.78, 5) is 4.05. The highest BCUT2D eigenvalue weighted by Gasteiger charge is 2.06. The van der Waals surface area contributed by atoms with Crippen LogP contribution < -0.4 is 10.6 Å². The van der Waals surface area contributed by atoms with Crippen LogP contribution in [0.3, 0.4) is 0 Å². The summed E-state index contributed by atoms with van der Waals surface area (Å²) in [6.45, 7) is 1.81. The molecule has 7 heteroatoms. The minimum atomic E-state index is -0.281. The van der Waals surface area contributed by atoms with E-state index in [1.54, 1.807) is 26.3 Å². The first-order chi connectivity index (χ1) is 9.19. The molecule has 4 nitrogen and oxygen atoms in total. The van der Waals surface area contributed by atoms with E-state index in [1.165, 1.54) is 6.07 Å². The molecule has 0 spiro atoms. The third-order valence-corrected chi connectivity index (χ3v) is 2.91. The Morgan fingerprint density at radius 1 is 1.35 bits per heavy atom. The van der Waals surface area contributed by atoms with Crippen LogP contribution in [0.5, 0.6) is 0 Å². The van der Waals surface area contributed by atoms with Gasteiger partial charge in [-0.15, -0.1) is 24.0 Å². The van der Waals surface area contributed by atoms with Crippen LogP contribution in [-0.4, -0.2) is 39.8 Å². The molecule has 0 saturated carbocycles. The second-order valence-corrected chi connectivity index (χ2v) is 4.28. The van der Waals surface area contributed by atoms with Crippen LogP contribution in [0.1, 0.15) is 5.56 Å². The van der Waals surface area contributed by atoms with E-state index in [4.69, 9.17) is 16.3 Å². The predicted octanol–water partition coefficient (Wildman–Crippen LogP) is 2.45. The summed E-state index contributed by atoms with van der Waals surface area (Å²) >= 11 is 5.95. The zero-order valence-electron chi connectivity index (χ0n) is 11.6. The fourth-order valence-corrected chi connectivity index (χ4v) is 1.83. The lowest BCUT2D eigenvalue weighted by atomic mass is 10.1. The van der Waals surface area contributed by atoms with Gasteiger partial charge in [0.25, 0.3) is 0 Å².